The minimum absolute atomic E-state index is 0.0576. The standard InChI is InChI=1S/C16H23N5O3/c1-10-17-15(19-18-10)13-9-20(4-5-24-13)16(23)12-6-14(22)21(8-12)7-11-2-3-11/h11-13H,2-9H2,1H3,(H,17,18,19)/t12-,13-/m0/s1. The number of H-pyrrole nitrogens is 1. The Balaban J connectivity index is 1.38. The molecule has 1 aromatic rings. The van der Waals surface area contributed by atoms with Crippen molar-refractivity contribution >= 4 is 11.8 Å². The molecule has 3 fully saturated rings. The van der Waals surface area contributed by atoms with Crippen molar-refractivity contribution in [1.82, 2.24) is 25.0 Å². The lowest BCUT2D eigenvalue weighted by Gasteiger charge is -2.33. The average molecular weight is 333 g/mol. The summed E-state index contributed by atoms with van der Waals surface area (Å²) in [5, 5.41) is 6.94. The zero-order valence-electron chi connectivity index (χ0n) is 13.9. The van der Waals surface area contributed by atoms with Crippen LogP contribution in [0.4, 0.5) is 0 Å². The Morgan fingerprint density at radius 1 is 1.38 bits per heavy atom. The van der Waals surface area contributed by atoms with Crippen molar-refractivity contribution in [3.8, 4) is 0 Å². The van der Waals surface area contributed by atoms with Crippen molar-refractivity contribution < 1.29 is 14.3 Å². The molecule has 0 unspecified atom stereocenters. The van der Waals surface area contributed by atoms with Gasteiger partial charge in [-0.2, -0.15) is 5.10 Å². The number of rotatable bonds is 4. The molecule has 2 amide bonds. The van der Waals surface area contributed by atoms with E-state index in [1.807, 2.05) is 11.8 Å². The van der Waals surface area contributed by atoms with Gasteiger partial charge in [0.1, 0.15) is 11.9 Å². The van der Waals surface area contributed by atoms with Crippen molar-refractivity contribution in [2.75, 3.05) is 32.8 Å². The molecule has 2 saturated heterocycles. The molecule has 3 aliphatic rings. The molecule has 8 heteroatoms. The van der Waals surface area contributed by atoms with Crippen LogP contribution in [-0.2, 0) is 14.3 Å². The first kappa shape index (κ1) is 15.6. The van der Waals surface area contributed by atoms with Gasteiger partial charge in [-0.1, -0.05) is 0 Å². The predicted octanol–water partition coefficient (Wildman–Crippen LogP) is 0.272. The van der Waals surface area contributed by atoms with Crippen LogP contribution in [0.15, 0.2) is 0 Å². The molecule has 3 heterocycles. The van der Waals surface area contributed by atoms with Crippen LogP contribution in [-0.4, -0.2) is 69.6 Å². The Morgan fingerprint density at radius 3 is 2.92 bits per heavy atom. The first-order chi connectivity index (χ1) is 11.6. The molecule has 4 rings (SSSR count). The van der Waals surface area contributed by atoms with Crippen LogP contribution in [0.1, 0.15) is 37.0 Å². The number of likely N-dealkylation sites (tertiary alicyclic amines) is 1. The lowest BCUT2D eigenvalue weighted by Crippen LogP contribution is -2.45. The first-order valence-electron chi connectivity index (χ1n) is 8.67. The van der Waals surface area contributed by atoms with E-state index in [1.54, 1.807) is 4.90 Å². The number of nitrogens with zero attached hydrogens (tertiary/aromatic N) is 4. The quantitative estimate of drug-likeness (QED) is 0.854. The van der Waals surface area contributed by atoms with Crippen LogP contribution in [0, 0.1) is 18.8 Å². The molecule has 0 bridgehead atoms. The molecule has 130 valence electrons. The second-order valence-electron chi connectivity index (χ2n) is 7.07. The number of aryl methyl sites for hydroxylation is 1. The molecule has 0 radical (unpaired) electrons. The van der Waals surface area contributed by atoms with Crippen LogP contribution in [0.3, 0.4) is 0 Å². The maximum absolute atomic E-state index is 12.8. The summed E-state index contributed by atoms with van der Waals surface area (Å²) >= 11 is 0. The fraction of sp³-hybridized carbons (Fsp3) is 0.750. The molecule has 1 N–H and O–H groups in total. The van der Waals surface area contributed by atoms with E-state index in [1.165, 1.54) is 12.8 Å². The molecule has 1 aromatic heterocycles. The highest BCUT2D eigenvalue weighted by atomic mass is 16.5. The summed E-state index contributed by atoms with van der Waals surface area (Å²) in [5.74, 6) is 1.93. The number of morpholine rings is 1. The summed E-state index contributed by atoms with van der Waals surface area (Å²) in [7, 11) is 0. The molecule has 1 aliphatic carbocycles. The van der Waals surface area contributed by atoms with E-state index in [9.17, 15) is 9.59 Å². The highest BCUT2D eigenvalue weighted by Gasteiger charge is 2.40. The summed E-state index contributed by atoms with van der Waals surface area (Å²) < 4.78 is 5.71. The van der Waals surface area contributed by atoms with Gasteiger partial charge in [-0.05, 0) is 25.7 Å². The maximum atomic E-state index is 12.8. The molecule has 0 spiro atoms. The van der Waals surface area contributed by atoms with Crippen molar-refractivity contribution in [1.29, 1.82) is 0 Å². The van der Waals surface area contributed by atoms with Crippen molar-refractivity contribution in [3.63, 3.8) is 0 Å². The number of amides is 2. The third kappa shape index (κ3) is 3.15. The van der Waals surface area contributed by atoms with Crippen LogP contribution in [0.25, 0.3) is 0 Å². The number of hydrogen-bond acceptors (Lipinski definition) is 5. The molecular weight excluding hydrogens is 310 g/mol. The Kier molecular flexibility index (Phi) is 3.99. The predicted molar refractivity (Wildman–Crippen MR) is 83.8 cm³/mol. The van der Waals surface area contributed by atoms with Gasteiger partial charge in [0.05, 0.1) is 19.1 Å². The Bertz CT molecular complexity index is 641. The number of carbonyl (C=O) groups is 2. The van der Waals surface area contributed by atoms with E-state index in [0.717, 1.165) is 12.4 Å². The molecule has 2 atom stereocenters. The third-order valence-corrected chi connectivity index (χ3v) is 5.02. The summed E-state index contributed by atoms with van der Waals surface area (Å²) in [6.45, 7) is 4.70. The van der Waals surface area contributed by atoms with E-state index in [-0.39, 0.29) is 23.8 Å². The van der Waals surface area contributed by atoms with Crippen LogP contribution < -0.4 is 0 Å². The smallest absolute Gasteiger partial charge is 0.228 e. The van der Waals surface area contributed by atoms with Crippen molar-refractivity contribution in [2.45, 2.75) is 32.3 Å². The molecule has 24 heavy (non-hydrogen) atoms. The molecular formula is C16H23N5O3. The van der Waals surface area contributed by atoms with Gasteiger partial charge in [0.2, 0.25) is 11.8 Å². The van der Waals surface area contributed by atoms with Crippen LogP contribution in [0.5, 0.6) is 0 Å². The van der Waals surface area contributed by atoms with E-state index in [2.05, 4.69) is 15.2 Å². The zero-order valence-corrected chi connectivity index (χ0v) is 13.9. The number of carbonyl (C=O) groups excluding carboxylic acids is 2. The SMILES string of the molecule is Cc1nc([C@@H]2CN(C(=O)[C@H]3CC(=O)N(CC4CC4)C3)CCO2)n[nH]1. The Morgan fingerprint density at radius 2 is 2.21 bits per heavy atom. The van der Waals surface area contributed by atoms with Crippen LogP contribution >= 0.6 is 0 Å². The zero-order chi connectivity index (χ0) is 16.7. The van der Waals surface area contributed by atoms with Gasteiger partial charge in [-0.15, -0.1) is 0 Å². The highest BCUT2D eigenvalue weighted by Crippen LogP contribution is 2.32. The monoisotopic (exact) mass is 333 g/mol. The highest BCUT2D eigenvalue weighted by molar-refractivity contribution is 5.89. The van der Waals surface area contributed by atoms with E-state index < -0.39 is 0 Å². The minimum atomic E-state index is -0.299. The summed E-state index contributed by atoms with van der Waals surface area (Å²) in [6, 6.07) is 0. The van der Waals surface area contributed by atoms with Gasteiger partial charge in [-0.3, -0.25) is 14.7 Å². The second kappa shape index (κ2) is 6.16. The van der Waals surface area contributed by atoms with Gasteiger partial charge < -0.3 is 14.5 Å². The minimum Gasteiger partial charge on any atom is -0.366 e. The number of aromatic amines is 1. The maximum Gasteiger partial charge on any atom is 0.228 e. The van der Waals surface area contributed by atoms with Crippen molar-refractivity contribution in [2.24, 2.45) is 11.8 Å². The van der Waals surface area contributed by atoms with E-state index in [4.69, 9.17) is 4.74 Å². The average Bonchev–Trinajstić information content (AvgIpc) is 3.18. The summed E-state index contributed by atoms with van der Waals surface area (Å²) in [4.78, 5) is 32.9. The van der Waals surface area contributed by atoms with Gasteiger partial charge >= 0.3 is 0 Å². The lowest BCUT2D eigenvalue weighted by atomic mass is 10.1. The van der Waals surface area contributed by atoms with E-state index >= 15 is 0 Å². The van der Waals surface area contributed by atoms with Gasteiger partial charge in [0.15, 0.2) is 5.82 Å². The molecule has 1 saturated carbocycles. The topological polar surface area (TPSA) is 91.4 Å². The fourth-order valence-corrected chi connectivity index (χ4v) is 3.49. The van der Waals surface area contributed by atoms with Crippen molar-refractivity contribution in [3.05, 3.63) is 11.6 Å². The first-order valence-corrected chi connectivity index (χ1v) is 8.67. The summed E-state index contributed by atoms with van der Waals surface area (Å²) in [5.41, 5.74) is 0. The number of nitrogens with one attached hydrogen (secondary N) is 1. The van der Waals surface area contributed by atoms with Gasteiger partial charge in [-0.25, -0.2) is 4.98 Å². The number of ether oxygens (including phenoxy) is 1. The van der Waals surface area contributed by atoms with Crippen LogP contribution in [0.2, 0.25) is 0 Å². The second-order valence-corrected chi connectivity index (χ2v) is 7.07. The fourth-order valence-electron chi connectivity index (χ4n) is 3.49. The Hall–Kier alpha value is -1.96. The Labute approximate surface area is 140 Å². The largest absolute Gasteiger partial charge is 0.366 e. The summed E-state index contributed by atoms with van der Waals surface area (Å²) in [6.07, 6.45) is 2.47. The normalized spacial score (nSPS) is 27.8. The number of hydrogen-bond donors (Lipinski definition) is 1. The molecule has 2 aliphatic heterocycles. The third-order valence-electron chi connectivity index (χ3n) is 5.02. The van der Waals surface area contributed by atoms with E-state index in [0.29, 0.717) is 44.4 Å². The molecule has 8 nitrogen and oxygen atoms in total. The molecule has 0 aromatic carbocycles. The lowest BCUT2D eigenvalue weighted by molar-refractivity contribution is -0.143. The van der Waals surface area contributed by atoms with Gasteiger partial charge in [0.25, 0.3) is 0 Å². The van der Waals surface area contributed by atoms with Gasteiger partial charge in [0, 0.05) is 26.1 Å². The number of aromatic nitrogens is 3.